The zero-order chi connectivity index (χ0) is 16.5. The fourth-order valence-electron chi connectivity index (χ4n) is 1.84. The van der Waals surface area contributed by atoms with Gasteiger partial charge in [0.2, 0.25) is 0 Å². The van der Waals surface area contributed by atoms with Crippen LogP contribution >= 0.6 is 0 Å². The zero-order valence-electron chi connectivity index (χ0n) is 14.6. The van der Waals surface area contributed by atoms with E-state index in [0.29, 0.717) is 39.5 Å². The molecule has 0 fully saturated rings. The first kappa shape index (κ1) is 21.4. The van der Waals surface area contributed by atoms with E-state index in [0.717, 1.165) is 38.5 Å². The van der Waals surface area contributed by atoms with Crippen LogP contribution in [0.15, 0.2) is 0 Å². The number of carbonyl (C=O) groups is 1. The largest absolute Gasteiger partial charge is 0.459 e. The molecule has 0 aliphatic rings. The van der Waals surface area contributed by atoms with E-state index < -0.39 is 6.10 Å². The van der Waals surface area contributed by atoms with Crippen LogP contribution in [0.4, 0.5) is 0 Å². The summed E-state index contributed by atoms with van der Waals surface area (Å²) >= 11 is 0. The molecule has 5 nitrogen and oxygen atoms in total. The molecule has 0 saturated heterocycles. The van der Waals surface area contributed by atoms with E-state index in [-0.39, 0.29) is 6.10 Å². The standard InChI is InChI=1S/C17H34O5/c1-4-7-10-19-13-16(21-12-9-6-3)17(22-15-18)14-20-11-8-5-2/h15-17H,4-14H2,1-3H3/t16-,17-/m1/s1. The molecule has 0 unspecified atom stereocenters. The van der Waals surface area contributed by atoms with Crippen LogP contribution in [0.5, 0.6) is 0 Å². The highest BCUT2D eigenvalue weighted by atomic mass is 16.6. The lowest BCUT2D eigenvalue weighted by atomic mass is 10.2. The first-order valence-electron chi connectivity index (χ1n) is 8.66. The number of hydrogen-bond donors (Lipinski definition) is 0. The molecule has 132 valence electrons. The van der Waals surface area contributed by atoms with E-state index >= 15 is 0 Å². The topological polar surface area (TPSA) is 54.0 Å². The number of ether oxygens (including phenoxy) is 4. The predicted molar refractivity (Wildman–Crippen MR) is 87.0 cm³/mol. The lowest BCUT2D eigenvalue weighted by molar-refractivity contribution is -0.154. The van der Waals surface area contributed by atoms with E-state index in [1.54, 1.807) is 0 Å². The normalized spacial score (nSPS) is 13.8. The minimum Gasteiger partial charge on any atom is -0.459 e. The van der Waals surface area contributed by atoms with Gasteiger partial charge in [-0.25, -0.2) is 0 Å². The average molecular weight is 318 g/mol. The minimum atomic E-state index is -0.409. The van der Waals surface area contributed by atoms with Gasteiger partial charge in [-0.3, -0.25) is 4.79 Å². The van der Waals surface area contributed by atoms with Gasteiger partial charge in [0.05, 0.1) is 13.2 Å². The molecule has 0 aliphatic carbocycles. The fraction of sp³-hybridized carbons (Fsp3) is 0.941. The van der Waals surface area contributed by atoms with Crippen molar-refractivity contribution in [1.82, 2.24) is 0 Å². The summed E-state index contributed by atoms with van der Waals surface area (Å²) < 4.78 is 22.2. The zero-order valence-corrected chi connectivity index (χ0v) is 14.6. The van der Waals surface area contributed by atoms with Crippen molar-refractivity contribution in [2.45, 2.75) is 71.5 Å². The first-order valence-corrected chi connectivity index (χ1v) is 8.66. The summed E-state index contributed by atoms with van der Waals surface area (Å²) in [6.45, 7) is 9.62. The van der Waals surface area contributed by atoms with Crippen molar-refractivity contribution in [2.24, 2.45) is 0 Å². The third-order valence-electron chi connectivity index (χ3n) is 3.32. The summed E-state index contributed by atoms with van der Waals surface area (Å²) in [5.74, 6) is 0. The van der Waals surface area contributed by atoms with Crippen LogP contribution in [0.1, 0.15) is 59.3 Å². The van der Waals surface area contributed by atoms with Gasteiger partial charge in [0.25, 0.3) is 6.47 Å². The number of hydrogen-bond acceptors (Lipinski definition) is 5. The van der Waals surface area contributed by atoms with Crippen LogP contribution in [-0.4, -0.2) is 51.7 Å². The quantitative estimate of drug-likeness (QED) is 0.304. The molecule has 0 aliphatic heterocycles. The maximum Gasteiger partial charge on any atom is 0.293 e. The lowest BCUT2D eigenvalue weighted by Gasteiger charge is -2.26. The summed E-state index contributed by atoms with van der Waals surface area (Å²) in [4.78, 5) is 10.7. The molecule has 0 aromatic rings. The van der Waals surface area contributed by atoms with Crippen LogP contribution < -0.4 is 0 Å². The molecular weight excluding hydrogens is 284 g/mol. The van der Waals surface area contributed by atoms with Gasteiger partial charge >= 0.3 is 0 Å². The molecule has 0 bridgehead atoms. The summed E-state index contributed by atoms with van der Waals surface area (Å²) in [6.07, 6.45) is 5.57. The van der Waals surface area contributed by atoms with Crippen molar-refractivity contribution in [1.29, 1.82) is 0 Å². The molecule has 0 radical (unpaired) electrons. The second-order valence-corrected chi connectivity index (χ2v) is 5.39. The smallest absolute Gasteiger partial charge is 0.293 e. The van der Waals surface area contributed by atoms with Crippen molar-refractivity contribution in [3.05, 3.63) is 0 Å². The summed E-state index contributed by atoms with van der Waals surface area (Å²) in [6, 6.07) is 0. The minimum absolute atomic E-state index is 0.268. The van der Waals surface area contributed by atoms with Crippen molar-refractivity contribution in [2.75, 3.05) is 33.0 Å². The highest BCUT2D eigenvalue weighted by molar-refractivity contribution is 5.37. The molecule has 0 saturated carbocycles. The molecule has 0 N–H and O–H groups in total. The van der Waals surface area contributed by atoms with Crippen molar-refractivity contribution in [3.8, 4) is 0 Å². The Kier molecular flexibility index (Phi) is 16.2. The second-order valence-electron chi connectivity index (χ2n) is 5.39. The Morgan fingerprint density at radius 2 is 1.27 bits per heavy atom. The van der Waals surface area contributed by atoms with Crippen LogP contribution in [0.2, 0.25) is 0 Å². The van der Waals surface area contributed by atoms with Crippen molar-refractivity contribution in [3.63, 3.8) is 0 Å². The van der Waals surface area contributed by atoms with Crippen LogP contribution in [0.3, 0.4) is 0 Å². The Bertz CT molecular complexity index is 235. The number of rotatable bonds is 17. The predicted octanol–water partition coefficient (Wildman–Crippen LogP) is 3.35. The molecule has 0 aromatic carbocycles. The van der Waals surface area contributed by atoms with E-state index in [1.165, 1.54) is 0 Å². The third-order valence-corrected chi connectivity index (χ3v) is 3.32. The Morgan fingerprint density at radius 3 is 1.77 bits per heavy atom. The monoisotopic (exact) mass is 318 g/mol. The fourth-order valence-corrected chi connectivity index (χ4v) is 1.84. The lowest BCUT2D eigenvalue weighted by Crippen LogP contribution is -2.39. The molecule has 0 amide bonds. The molecule has 0 heterocycles. The van der Waals surface area contributed by atoms with Gasteiger partial charge < -0.3 is 18.9 Å². The van der Waals surface area contributed by atoms with Gasteiger partial charge in [-0.2, -0.15) is 0 Å². The Labute approximate surface area is 135 Å². The molecular formula is C17H34O5. The third kappa shape index (κ3) is 12.0. The van der Waals surface area contributed by atoms with E-state index in [9.17, 15) is 4.79 Å². The first-order chi connectivity index (χ1) is 10.8. The van der Waals surface area contributed by atoms with Gasteiger partial charge in [-0.1, -0.05) is 40.0 Å². The maximum atomic E-state index is 10.7. The van der Waals surface area contributed by atoms with Crippen molar-refractivity contribution < 1.29 is 23.7 Å². The highest BCUT2D eigenvalue weighted by Gasteiger charge is 2.24. The molecule has 0 aromatic heterocycles. The Morgan fingerprint density at radius 1 is 0.773 bits per heavy atom. The molecule has 2 atom stereocenters. The van der Waals surface area contributed by atoms with Gasteiger partial charge in [-0.05, 0) is 19.3 Å². The van der Waals surface area contributed by atoms with Crippen LogP contribution in [0.25, 0.3) is 0 Å². The van der Waals surface area contributed by atoms with Crippen LogP contribution in [-0.2, 0) is 23.7 Å². The number of unbranched alkanes of at least 4 members (excludes halogenated alkanes) is 3. The van der Waals surface area contributed by atoms with E-state index in [2.05, 4.69) is 20.8 Å². The highest BCUT2D eigenvalue weighted by Crippen LogP contribution is 2.08. The number of carbonyl (C=O) groups excluding carboxylic acids is 1. The second kappa shape index (κ2) is 16.7. The molecule has 0 rings (SSSR count). The SMILES string of the molecule is CCCCOC[C@@H](OC=O)[C@@H](COCCCC)OCCCC. The summed E-state index contributed by atoms with van der Waals surface area (Å²) in [5.41, 5.74) is 0. The summed E-state index contributed by atoms with van der Waals surface area (Å²) in [5, 5.41) is 0. The Balaban J connectivity index is 4.32. The van der Waals surface area contributed by atoms with Gasteiger partial charge in [0.1, 0.15) is 6.10 Å². The maximum absolute atomic E-state index is 10.7. The average Bonchev–Trinajstić information content (AvgIpc) is 2.53. The Hall–Kier alpha value is -0.650. The van der Waals surface area contributed by atoms with Gasteiger partial charge in [0, 0.05) is 19.8 Å². The van der Waals surface area contributed by atoms with E-state index in [1.807, 2.05) is 0 Å². The molecule has 0 spiro atoms. The van der Waals surface area contributed by atoms with Gasteiger partial charge in [-0.15, -0.1) is 0 Å². The van der Waals surface area contributed by atoms with Gasteiger partial charge in [0.15, 0.2) is 6.10 Å². The van der Waals surface area contributed by atoms with Crippen LogP contribution in [0, 0.1) is 0 Å². The molecule has 5 heteroatoms. The summed E-state index contributed by atoms with van der Waals surface area (Å²) in [7, 11) is 0. The van der Waals surface area contributed by atoms with E-state index in [4.69, 9.17) is 18.9 Å². The molecule has 22 heavy (non-hydrogen) atoms. The van der Waals surface area contributed by atoms with Crippen molar-refractivity contribution >= 4 is 6.47 Å².